The highest BCUT2D eigenvalue weighted by Gasteiger charge is 2.42. The molecule has 3 atom stereocenters. The molecule has 0 unspecified atom stereocenters. The van der Waals surface area contributed by atoms with Gasteiger partial charge in [-0.25, -0.2) is 14.1 Å². The Morgan fingerprint density at radius 3 is 2.18 bits per heavy atom. The molecule has 5 amide bonds. The summed E-state index contributed by atoms with van der Waals surface area (Å²) in [7, 11) is 0. The zero-order valence-corrected chi connectivity index (χ0v) is 26.2. The zero-order valence-electron chi connectivity index (χ0n) is 24.0. The van der Waals surface area contributed by atoms with Gasteiger partial charge < -0.3 is 10.1 Å². The molecule has 234 valence electrons. The summed E-state index contributed by atoms with van der Waals surface area (Å²) in [6, 6.07) is 13.7. The van der Waals surface area contributed by atoms with Crippen LogP contribution in [0.2, 0.25) is 0 Å². The summed E-state index contributed by atoms with van der Waals surface area (Å²) in [5.74, 6) is -5.32. The lowest BCUT2D eigenvalue weighted by Crippen LogP contribution is -2.45. The van der Waals surface area contributed by atoms with E-state index >= 15 is 4.39 Å². The van der Waals surface area contributed by atoms with Crippen LogP contribution >= 0.6 is 34.8 Å². The number of carbonyl (C=O) groups is 5. The first kappa shape index (κ1) is 33.4. The number of rotatable bonds is 11. The van der Waals surface area contributed by atoms with Crippen molar-refractivity contribution in [1.82, 2.24) is 15.1 Å². The van der Waals surface area contributed by atoms with Crippen LogP contribution in [-0.4, -0.2) is 68.5 Å². The van der Waals surface area contributed by atoms with E-state index in [0.29, 0.717) is 6.42 Å². The molecule has 2 aliphatic rings. The number of nitrogens with one attached hydrogen (secondary N) is 1. The van der Waals surface area contributed by atoms with Crippen molar-refractivity contribution in [3.63, 3.8) is 0 Å². The second-order valence-electron chi connectivity index (χ2n) is 10.9. The molecule has 0 radical (unpaired) electrons. The third-order valence-electron chi connectivity index (χ3n) is 7.47. The van der Waals surface area contributed by atoms with E-state index in [1.54, 1.807) is 38.1 Å². The van der Waals surface area contributed by atoms with Gasteiger partial charge in [0.15, 0.2) is 0 Å². The Hall–Kier alpha value is -3.47. The van der Waals surface area contributed by atoms with E-state index in [-0.39, 0.29) is 37.1 Å². The number of nitrogens with zero attached hydrogens (tertiary/aromatic N) is 2. The molecule has 0 bridgehead atoms. The van der Waals surface area contributed by atoms with Gasteiger partial charge in [-0.3, -0.25) is 24.1 Å². The van der Waals surface area contributed by atoms with Gasteiger partial charge in [-0.1, -0.05) is 91.1 Å². The van der Waals surface area contributed by atoms with Gasteiger partial charge in [0.1, 0.15) is 12.4 Å². The van der Waals surface area contributed by atoms with Gasteiger partial charge in [0.05, 0.1) is 29.1 Å². The lowest BCUT2D eigenvalue weighted by molar-refractivity contribution is -0.132. The van der Waals surface area contributed by atoms with Crippen LogP contribution in [0.4, 0.5) is 9.18 Å². The quantitative estimate of drug-likeness (QED) is 0.246. The molecule has 2 heterocycles. The van der Waals surface area contributed by atoms with Gasteiger partial charge in [0.2, 0.25) is 5.91 Å². The number of hydrogen-bond acceptors (Lipinski definition) is 6. The Bertz CT molecular complexity index is 1430. The van der Waals surface area contributed by atoms with Crippen molar-refractivity contribution in [2.75, 3.05) is 13.2 Å². The van der Waals surface area contributed by atoms with E-state index in [1.165, 1.54) is 0 Å². The molecular formula is C31H31Cl3FN3O6. The van der Waals surface area contributed by atoms with E-state index in [2.05, 4.69) is 5.32 Å². The Morgan fingerprint density at radius 1 is 1.02 bits per heavy atom. The van der Waals surface area contributed by atoms with Gasteiger partial charge >= 0.3 is 6.09 Å². The number of hydrogen-bond donors (Lipinski definition) is 1. The molecule has 1 saturated heterocycles. The number of ether oxygens (including phenoxy) is 1. The number of amides is 5. The summed E-state index contributed by atoms with van der Waals surface area (Å²) >= 11 is 17.0. The number of halogens is 4. The summed E-state index contributed by atoms with van der Waals surface area (Å²) in [6.45, 7) is 3.18. The molecule has 0 saturated carbocycles. The molecular weight excluding hydrogens is 636 g/mol. The first-order valence-electron chi connectivity index (χ1n) is 14.0. The van der Waals surface area contributed by atoms with Crippen LogP contribution in [0.3, 0.4) is 0 Å². The van der Waals surface area contributed by atoms with Gasteiger partial charge in [-0.05, 0) is 49.0 Å². The first-order chi connectivity index (χ1) is 20.8. The number of alkyl halides is 3. The van der Waals surface area contributed by atoms with Crippen molar-refractivity contribution >= 4 is 64.5 Å². The van der Waals surface area contributed by atoms with Gasteiger partial charge in [0, 0.05) is 6.54 Å². The van der Waals surface area contributed by atoms with Crippen molar-refractivity contribution in [2.24, 2.45) is 11.8 Å². The van der Waals surface area contributed by atoms with E-state index in [1.807, 2.05) is 30.3 Å². The molecule has 2 aromatic carbocycles. The van der Waals surface area contributed by atoms with E-state index in [0.717, 1.165) is 21.4 Å². The van der Waals surface area contributed by atoms with Crippen molar-refractivity contribution < 1.29 is 33.1 Å². The number of benzene rings is 2. The van der Waals surface area contributed by atoms with Crippen molar-refractivity contribution in [3.05, 3.63) is 83.2 Å². The highest BCUT2D eigenvalue weighted by atomic mass is 35.6. The summed E-state index contributed by atoms with van der Waals surface area (Å²) in [4.78, 5) is 66.8. The number of carbonyl (C=O) groups excluding carboxylic acids is 5. The van der Waals surface area contributed by atoms with Crippen LogP contribution < -0.4 is 5.32 Å². The third-order valence-corrected chi connectivity index (χ3v) is 7.99. The maximum absolute atomic E-state index is 15.8. The number of cyclic esters (lactones) is 1. The van der Waals surface area contributed by atoms with Crippen molar-refractivity contribution in [3.8, 4) is 0 Å². The predicted molar refractivity (Wildman–Crippen MR) is 163 cm³/mol. The monoisotopic (exact) mass is 665 g/mol. The van der Waals surface area contributed by atoms with Crippen LogP contribution in [-0.2, 0) is 20.7 Å². The zero-order chi connectivity index (χ0) is 32.2. The van der Waals surface area contributed by atoms with Gasteiger partial charge in [-0.15, -0.1) is 0 Å². The molecule has 13 heteroatoms. The molecule has 9 nitrogen and oxygen atoms in total. The minimum atomic E-state index is -2.35. The third kappa shape index (κ3) is 7.60. The Balaban J connectivity index is 1.58. The minimum absolute atomic E-state index is 0.0370. The van der Waals surface area contributed by atoms with Crippen LogP contribution in [0, 0.1) is 11.8 Å². The Kier molecular flexibility index (Phi) is 10.7. The van der Waals surface area contributed by atoms with Crippen molar-refractivity contribution in [2.45, 2.75) is 49.0 Å². The molecule has 2 aromatic rings. The molecule has 0 spiro atoms. The predicted octanol–water partition coefficient (Wildman–Crippen LogP) is 5.63. The number of fused-ring (bicyclic) bond motifs is 1. The van der Waals surface area contributed by atoms with Crippen LogP contribution in [0.25, 0.3) is 0 Å². The van der Waals surface area contributed by atoms with Gasteiger partial charge in [0.25, 0.3) is 21.5 Å². The van der Waals surface area contributed by atoms with Crippen LogP contribution in [0.15, 0.2) is 66.5 Å². The highest BCUT2D eigenvalue weighted by Crippen LogP contribution is 2.29. The second kappa shape index (κ2) is 14.1. The van der Waals surface area contributed by atoms with E-state index in [9.17, 15) is 24.0 Å². The SMILES string of the molecule is CC(C)[C@H](NC(=O)C(Cl)(Cl)Cl)/C(F)=C/[C@@H](CCCN1C(=O)c2ccccc2C1=O)C(=O)N1C(=O)OC[C@H]1Cc1ccccc1. The average molecular weight is 667 g/mol. The molecule has 4 rings (SSSR count). The lowest BCUT2D eigenvalue weighted by Gasteiger charge is -2.26. The molecule has 1 N–H and O–H groups in total. The summed E-state index contributed by atoms with van der Waals surface area (Å²) in [5.41, 5.74) is 1.43. The van der Waals surface area contributed by atoms with Crippen LogP contribution in [0.1, 0.15) is 53.0 Å². The van der Waals surface area contributed by atoms with Gasteiger partial charge in [-0.2, -0.15) is 0 Å². The molecule has 1 fully saturated rings. The van der Waals surface area contributed by atoms with Crippen molar-refractivity contribution in [1.29, 1.82) is 0 Å². The Labute approximate surface area is 269 Å². The average Bonchev–Trinajstić information content (AvgIpc) is 3.46. The normalized spacial score (nSPS) is 18.4. The van der Waals surface area contributed by atoms with E-state index < -0.39 is 63.3 Å². The largest absolute Gasteiger partial charge is 0.447 e. The highest BCUT2D eigenvalue weighted by molar-refractivity contribution is 6.76. The summed E-state index contributed by atoms with van der Waals surface area (Å²) < 4.78 is 18.7. The fourth-order valence-corrected chi connectivity index (χ4v) is 5.37. The lowest BCUT2D eigenvalue weighted by atomic mass is 9.95. The molecule has 0 aromatic heterocycles. The maximum Gasteiger partial charge on any atom is 0.417 e. The fourth-order valence-electron chi connectivity index (χ4n) is 5.21. The van der Waals surface area contributed by atoms with Crippen LogP contribution in [0.5, 0.6) is 0 Å². The molecule has 0 aliphatic carbocycles. The minimum Gasteiger partial charge on any atom is -0.447 e. The second-order valence-corrected chi connectivity index (χ2v) is 13.2. The maximum atomic E-state index is 15.8. The smallest absolute Gasteiger partial charge is 0.417 e. The number of imide groups is 2. The first-order valence-corrected chi connectivity index (χ1v) is 15.2. The standard InChI is InChI=1S/C31H31Cl3FN3O6/c1-18(2)25(36-29(42)31(32,33)34)24(35)16-20(11-8-14-37-27(40)22-12-6-7-13-23(22)28(37)41)26(39)38-21(17-44-30(38)43)15-19-9-4-3-5-10-19/h3-7,9-10,12-13,16,18,20-21,25H,8,11,14-15,17H2,1-2H3,(H,36,42)/b24-16-/t20-,21-,25+/m1/s1. The Morgan fingerprint density at radius 2 is 1.61 bits per heavy atom. The molecule has 2 aliphatic heterocycles. The topological polar surface area (TPSA) is 113 Å². The molecule has 44 heavy (non-hydrogen) atoms. The fraction of sp³-hybridized carbons (Fsp3) is 0.387. The van der Waals surface area contributed by atoms with E-state index in [4.69, 9.17) is 39.5 Å². The summed E-state index contributed by atoms with van der Waals surface area (Å²) in [5, 5.41) is 2.35. The summed E-state index contributed by atoms with van der Waals surface area (Å²) in [6.07, 6.45) is 0.564.